The molecule has 1 saturated carbocycles. The minimum Gasteiger partial charge on any atom is -0.331 e. The van der Waals surface area contributed by atoms with E-state index >= 15 is 0 Å². The van der Waals surface area contributed by atoms with Crippen LogP contribution in [0.3, 0.4) is 0 Å². The maximum absolute atomic E-state index is 12.7. The maximum Gasteiger partial charge on any atom is 0.255 e. The first kappa shape index (κ1) is 13.1. The third kappa shape index (κ3) is 3.00. The molecular weight excluding hydrogens is 369 g/mol. The summed E-state index contributed by atoms with van der Waals surface area (Å²) < 4.78 is 1.03. The second kappa shape index (κ2) is 5.63. The molecule has 19 heavy (non-hydrogen) atoms. The highest BCUT2D eigenvalue weighted by Gasteiger charge is 2.33. The van der Waals surface area contributed by atoms with Crippen LogP contribution in [0.5, 0.6) is 0 Å². The number of thiophene rings is 1. The minimum absolute atomic E-state index is 0.165. The Hall–Kier alpha value is -0.880. The quantitative estimate of drug-likeness (QED) is 0.727. The molecule has 2 nitrogen and oxygen atoms in total. The summed E-state index contributed by atoms with van der Waals surface area (Å²) in [4.78, 5) is 14.7. The van der Waals surface area contributed by atoms with E-state index in [1.54, 1.807) is 11.3 Å². The Bertz CT molecular complexity index is 578. The maximum atomic E-state index is 12.7. The number of rotatable bonds is 4. The zero-order chi connectivity index (χ0) is 13.2. The first-order valence-electron chi connectivity index (χ1n) is 6.32. The van der Waals surface area contributed by atoms with Gasteiger partial charge >= 0.3 is 0 Å². The molecule has 1 aromatic carbocycles. The van der Waals surface area contributed by atoms with E-state index in [1.165, 1.54) is 5.56 Å². The molecule has 2 aromatic rings. The molecule has 0 radical (unpaired) electrons. The number of hydrogen-bond donors (Lipinski definition) is 0. The Kier molecular flexibility index (Phi) is 3.88. The van der Waals surface area contributed by atoms with E-state index in [-0.39, 0.29) is 5.91 Å². The number of hydrogen-bond acceptors (Lipinski definition) is 2. The number of carbonyl (C=O) groups excluding carboxylic acids is 1. The van der Waals surface area contributed by atoms with Crippen molar-refractivity contribution in [3.8, 4) is 0 Å². The van der Waals surface area contributed by atoms with Crippen LogP contribution < -0.4 is 0 Å². The van der Waals surface area contributed by atoms with Crippen molar-refractivity contribution in [2.24, 2.45) is 0 Å². The fraction of sp³-hybridized carbons (Fsp3) is 0.267. The molecule has 98 valence electrons. The van der Waals surface area contributed by atoms with Crippen LogP contribution in [0, 0.1) is 3.57 Å². The summed E-state index contributed by atoms with van der Waals surface area (Å²) >= 11 is 3.92. The largest absolute Gasteiger partial charge is 0.331 e. The molecule has 0 unspecified atom stereocenters. The molecule has 0 spiro atoms. The van der Waals surface area contributed by atoms with Gasteiger partial charge in [0.25, 0.3) is 5.91 Å². The number of carbonyl (C=O) groups is 1. The van der Waals surface area contributed by atoms with Gasteiger partial charge in [-0.2, -0.15) is 11.3 Å². The summed E-state index contributed by atoms with van der Waals surface area (Å²) in [5.41, 5.74) is 2.06. The van der Waals surface area contributed by atoms with Crippen molar-refractivity contribution in [1.82, 2.24) is 4.90 Å². The van der Waals surface area contributed by atoms with Gasteiger partial charge in [0, 0.05) is 16.2 Å². The van der Waals surface area contributed by atoms with E-state index in [4.69, 9.17) is 0 Å². The van der Waals surface area contributed by atoms with Crippen molar-refractivity contribution in [2.75, 3.05) is 0 Å². The Balaban J connectivity index is 1.84. The van der Waals surface area contributed by atoms with Crippen LogP contribution in [-0.4, -0.2) is 16.8 Å². The molecule has 4 heteroatoms. The van der Waals surface area contributed by atoms with Crippen LogP contribution in [0.2, 0.25) is 0 Å². The highest BCUT2D eigenvalue weighted by Crippen LogP contribution is 2.30. The molecule has 1 aromatic heterocycles. The van der Waals surface area contributed by atoms with Gasteiger partial charge in [-0.25, -0.2) is 0 Å². The van der Waals surface area contributed by atoms with Crippen molar-refractivity contribution in [3.05, 3.63) is 55.8 Å². The Morgan fingerprint density at radius 3 is 2.74 bits per heavy atom. The lowest BCUT2D eigenvalue weighted by Crippen LogP contribution is -2.32. The Morgan fingerprint density at radius 1 is 1.32 bits per heavy atom. The highest BCUT2D eigenvalue weighted by molar-refractivity contribution is 14.1. The summed E-state index contributed by atoms with van der Waals surface area (Å²) in [7, 11) is 0. The van der Waals surface area contributed by atoms with Crippen molar-refractivity contribution < 1.29 is 4.79 Å². The molecule has 1 amide bonds. The second-order valence-electron chi connectivity index (χ2n) is 4.78. The van der Waals surface area contributed by atoms with E-state index < -0.39 is 0 Å². The molecule has 0 N–H and O–H groups in total. The van der Waals surface area contributed by atoms with E-state index in [0.717, 1.165) is 28.5 Å². The molecule has 0 atom stereocenters. The zero-order valence-corrected chi connectivity index (χ0v) is 13.4. The fourth-order valence-corrected chi connectivity index (χ4v) is 3.40. The standard InChI is InChI=1S/C15H14INOS/c16-14-4-2-1-3-13(14)15(18)17(12-5-6-12)9-11-7-8-19-10-11/h1-4,7-8,10,12H,5-6,9H2. The van der Waals surface area contributed by atoms with Gasteiger partial charge < -0.3 is 4.90 Å². The minimum atomic E-state index is 0.165. The van der Waals surface area contributed by atoms with E-state index in [2.05, 4.69) is 39.4 Å². The topological polar surface area (TPSA) is 20.3 Å². The molecule has 1 heterocycles. The summed E-state index contributed by atoms with van der Waals surface area (Å²) in [6, 6.07) is 10.4. The molecule has 3 rings (SSSR count). The average Bonchev–Trinajstić information content (AvgIpc) is 3.13. The predicted molar refractivity (Wildman–Crippen MR) is 86.4 cm³/mol. The van der Waals surface area contributed by atoms with Crippen LogP contribution in [0.15, 0.2) is 41.1 Å². The first-order valence-corrected chi connectivity index (χ1v) is 8.34. The van der Waals surface area contributed by atoms with Crippen molar-refractivity contribution in [2.45, 2.75) is 25.4 Å². The lowest BCUT2D eigenvalue weighted by molar-refractivity contribution is 0.0729. The summed E-state index contributed by atoms with van der Waals surface area (Å²) in [5.74, 6) is 0.165. The molecule has 1 aliphatic rings. The normalized spacial score (nSPS) is 14.4. The van der Waals surface area contributed by atoms with Crippen LogP contribution in [-0.2, 0) is 6.54 Å². The van der Waals surface area contributed by atoms with Gasteiger partial charge in [0.05, 0.1) is 5.56 Å². The van der Waals surface area contributed by atoms with Gasteiger partial charge in [0.1, 0.15) is 0 Å². The third-order valence-corrected chi connectivity index (χ3v) is 4.96. The van der Waals surface area contributed by atoms with Gasteiger partial charge in [-0.15, -0.1) is 0 Å². The fourth-order valence-electron chi connectivity index (χ4n) is 2.12. The summed E-state index contributed by atoms with van der Waals surface area (Å²) in [6.45, 7) is 0.734. The van der Waals surface area contributed by atoms with Gasteiger partial charge in [-0.05, 0) is 70.0 Å². The molecule has 0 saturated heterocycles. The van der Waals surface area contributed by atoms with E-state index in [1.807, 2.05) is 29.2 Å². The molecule has 0 bridgehead atoms. The SMILES string of the molecule is O=C(c1ccccc1I)N(Cc1ccsc1)C1CC1. The van der Waals surface area contributed by atoms with Crippen LogP contribution >= 0.6 is 33.9 Å². The van der Waals surface area contributed by atoms with Gasteiger partial charge in [-0.1, -0.05) is 12.1 Å². The van der Waals surface area contributed by atoms with Crippen molar-refractivity contribution in [1.29, 1.82) is 0 Å². The molecular formula is C15H14INOS. The summed E-state index contributed by atoms with van der Waals surface area (Å²) in [6.07, 6.45) is 2.28. The van der Waals surface area contributed by atoms with Crippen molar-refractivity contribution >= 4 is 39.8 Å². The highest BCUT2D eigenvalue weighted by atomic mass is 127. The molecule has 0 aliphatic heterocycles. The van der Waals surface area contributed by atoms with Gasteiger partial charge in [0.15, 0.2) is 0 Å². The summed E-state index contributed by atoms with van der Waals surface area (Å²) in [5, 5.41) is 4.19. The van der Waals surface area contributed by atoms with Crippen molar-refractivity contribution in [3.63, 3.8) is 0 Å². The average molecular weight is 383 g/mol. The monoisotopic (exact) mass is 383 g/mol. The van der Waals surface area contributed by atoms with Crippen LogP contribution in [0.4, 0.5) is 0 Å². The number of amides is 1. The van der Waals surface area contributed by atoms with Crippen LogP contribution in [0.1, 0.15) is 28.8 Å². The smallest absolute Gasteiger partial charge is 0.255 e. The van der Waals surface area contributed by atoms with E-state index in [9.17, 15) is 4.79 Å². The third-order valence-electron chi connectivity index (χ3n) is 3.29. The van der Waals surface area contributed by atoms with Gasteiger partial charge in [0.2, 0.25) is 0 Å². The predicted octanol–water partition coefficient (Wildman–Crippen LogP) is 4.16. The zero-order valence-electron chi connectivity index (χ0n) is 10.4. The lowest BCUT2D eigenvalue weighted by Gasteiger charge is -2.22. The van der Waals surface area contributed by atoms with Crippen LogP contribution in [0.25, 0.3) is 0 Å². The second-order valence-corrected chi connectivity index (χ2v) is 6.72. The number of benzene rings is 1. The first-order chi connectivity index (χ1) is 9.25. The Morgan fingerprint density at radius 2 is 2.11 bits per heavy atom. The molecule has 1 aliphatic carbocycles. The number of halogens is 1. The number of nitrogens with zero attached hydrogens (tertiary/aromatic N) is 1. The van der Waals surface area contributed by atoms with Gasteiger partial charge in [-0.3, -0.25) is 4.79 Å². The Labute approximate surface area is 130 Å². The van der Waals surface area contributed by atoms with E-state index in [0.29, 0.717) is 6.04 Å². The lowest BCUT2D eigenvalue weighted by atomic mass is 10.2. The molecule has 1 fully saturated rings.